The van der Waals surface area contributed by atoms with Crippen LogP contribution >= 0.6 is 0 Å². The quantitative estimate of drug-likeness (QED) is 0.790. The zero-order valence-electron chi connectivity index (χ0n) is 11.6. The highest BCUT2D eigenvalue weighted by atomic mass is 16.2. The van der Waals surface area contributed by atoms with Crippen LogP contribution in [0.2, 0.25) is 0 Å². The Hall–Kier alpha value is -1.10. The van der Waals surface area contributed by atoms with Crippen molar-refractivity contribution in [3.8, 4) is 0 Å². The van der Waals surface area contributed by atoms with E-state index in [9.17, 15) is 9.59 Å². The van der Waals surface area contributed by atoms with E-state index in [2.05, 4.69) is 10.2 Å². The molecule has 0 spiro atoms. The van der Waals surface area contributed by atoms with Gasteiger partial charge in [0, 0.05) is 26.2 Å². The van der Waals surface area contributed by atoms with Crippen LogP contribution in [0, 0.1) is 5.92 Å². The minimum Gasteiger partial charge on any atom is -0.342 e. The molecule has 2 saturated heterocycles. The zero-order valence-corrected chi connectivity index (χ0v) is 11.6. The fourth-order valence-electron chi connectivity index (χ4n) is 3.17. The Balaban J connectivity index is 1.65. The van der Waals surface area contributed by atoms with Gasteiger partial charge in [-0.1, -0.05) is 13.3 Å². The maximum absolute atomic E-state index is 12.3. The van der Waals surface area contributed by atoms with Crippen molar-refractivity contribution in [2.75, 3.05) is 26.2 Å². The van der Waals surface area contributed by atoms with Gasteiger partial charge in [-0.05, 0) is 25.2 Å². The van der Waals surface area contributed by atoms with Crippen molar-refractivity contribution in [2.24, 2.45) is 5.92 Å². The number of nitrogens with one attached hydrogen (secondary N) is 1. The predicted molar refractivity (Wildman–Crippen MR) is 71.5 cm³/mol. The van der Waals surface area contributed by atoms with E-state index in [0.717, 1.165) is 31.8 Å². The molecule has 3 aliphatic rings. The molecule has 3 rings (SSSR count). The van der Waals surface area contributed by atoms with E-state index in [1.807, 2.05) is 11.8 Å². The smallest absolute Gasteiger partial charge is 0.245 e. The molecule has 5 nitrogen and oxygen atoms in total. The Morgan fingerprint density at radius 1 is 1.26 bits per heavy atom. The summed E-state index contributed by atoms with van der Waals surface area (Å²) < 4.78 is 0. The van der Waals surface area contributed by atoms with E-state index >= 15 is 0 Å². The molecule has 0 radical (unpaired) electrons. The first-order valence-electron chi connectivity index (χ1n) is 7.52. The van der Waals surface area contributed by atoms with Crippen molar-refractivity contribution >= 4 is 11.8 Å². The van der Waals surface area contributed by atoms with E-state index in [1.165, 1.54) is 12.8 Å². The number of piperazine rings is 2. The van der Waals surface area contributed by atoms with E-state index in [1.54, 1.807) is 0 Å². The number of carbonyl (C=O) groups excluding carboxylic acids is 2. The van der Waals surface area contributed by atoms with Crippen molar-refractivity contribution in [1.82, 2.24) is 15.1 Å². The van der Waals surface area contributed by atoms with Crippen molar-refractivity contribution in [2.45, 2.75) is 44.7 Å². The molecule has 1 saturated carbocycles. The Bertz CT molecular complexity index is 381. The second kappa shape index (κ2) is 5.12. The van der Waals surface area contributed by atoms with Gasteiger partial charge in [0.25, 0.3) is 0 Å². The number of amides is 2. The van der Waals surface area contributed by atoms with Gasteiger partial charge in [0.15, 0.2) is 0 Å². The first kappa shape index (κ1) is 12.9. The molecule has 106 valence electrons. The third kappa shape index (κ3) is 2.61. The van der Waals surface area contributed by atoms with Gasteiger partial charge in [-0.2, -0.15) is 0 Å². The van der Waals surface area contributed by atoms with Crippen LogP contribution in [0.5, 0.6) is 0 Å². The Kier molecular flexibility index (Phi) is 3.48. The number of rotatable bonds is 4. The number of fused-ring (bicyclic) bond motifs is 1. The van der Waals surface area contributed by atoms with Crippen LogP contribution in [0.15, 0.2) is 0 Å². The first-order valence-corrected chi connectivity index (χ1v) is 7.52. The lowest BCUT2D eigenvalue weighted by molar-refractivity contribution is -0.153. The molecular weight excluding hydrogens is 242 g/mol. The van der Waals surface area contributed by atoms with Crippen LogP contribution in [0.3, 0.4) is 0 Å². The number of nitrogens with zero attached hydrogens (tertiary/aromatic N) is 2. The molecule has 1 N–H and O–H groups in total. The van der Waals surface area contributed by atoms with E-state index in [-0.39, 0.29) is 23.9 Å². The molecule has 0 aromatic rings. The standard InChI is InChI=1S/C14H23N3O2/c1-2-3-11-14(19)17-7-6-16(8-10-4-5-10)9-12(17)13(18)15-11/h10-12H,2-9H2,1H3,(H,15,18)/t11-,12+/m0/s1. The first-order chi connectivity index (χ1) is 9.19. The summed E-state index contributed by atoms with van der Waals surface area (Å²) in [6.07, 6.45) is 4.33. The number of hydrogen-bond acceptors (Lipinski definition) is 3. The van der Waals surface area contributed by atoms with Crippen molar-refractivity contribution in [1.29, 1.82) is 0 Å². The average Bonchev–Trinajstić information content (AvgIpc) is 3.20. The molecule has 19 heavy (non-hydrogen) atoms. The lowest BCUT2D eigenvalue weighted by Gasteiger charge is -2.45. The summed E-state index contributed by atoms with van der Waals surface area (Å²) in [5, 5.41) is 2.90. The fraction of sp³-hybridized carbons (Fsp3) is 0.857. The SMILES string of the molecule is CCC[C@@H]1NC(=O)[C@H]2CN(CC3CC3)CCN2C1=O. The highest BCUT2D eigenvalue weighted by molar-refractivity contribution is 5.97. The second-order valence-electron chi connectivity index (χ2n) is 6.10. The van der Waals surface area contributed by atoms with Gasteiger partial charge in [0.05, 0.1) is 0 Å². The molecular formula is C14H23N3O2. The predicted octanol–water partition coefficient (Wildman–Crippen LogP) is 0.208. The zero-order chi connectivity index (χ0) is 13.4. The number of carbonyl (C=O) groups is 2. The summed E-state index contributed by atoms with van der Waals surface area (Å²) >= 11 is 0. The van der Waals surface area contributed by atoms with E-state index in [0.29, 0.717) is 13.1 Å². The molecule has 0 aromatic carbocycles. The summed E-state index contributed by atoms with van der Waals surface area (Å²) in [4.78, 5) is 28.7. The molecule has 0 unspecified atom stereocenters. The van der Waals surface area contributed by atoms with Gasteiger partial charge in [0.2, 0.25) is 11.8 Å². The average molecular weight is 265 g/mol. The summed E-state index contributed by atoms with van der Waals surface area (Å²) in [6.45, 7) is 5.49. The maximum atomic E-state index is 12.3. The van der Waals surface area contributed by atoms with Gasteiger partial charge in [0.1, 0.15) is 12.1 Å². The summed E-state index contributed by atoms with van der Waals surface area (Å²) in [5.74, 6) is 0.998. The third-order valence-electron chi connectivity index (χ3n) is 4.46. The molecule has 2 atom stereocenters. The van der Waals surface area contributed by atoms with E-state index in [4.69, 9.17) is 0 Å². The van der Waals surface area contributed by atoms with Crippen LogP contribution in [0.1, 0.15) is 32.6 Å². The van der Waals surface area contributed by atoms with Crippen molar-refractivity contribution in [3.63, 3.8) is 0 Å². The van der Waals surface area contributed by atoms with Gasteiger partial charge >= 0.3 is 0 Å². The van der Waals surface area contributed by atoms with Crippen LogP contribution in [0.4, 0.5) is 0 Å². The normalized spacial score (nSPS) is 32.2. The highest BCUT2D eigenvalue weighted by Crippen LogP contribution is 2.30. The van der Waals surface area contributed by atoms with Crippen LogP contribution in [0.25, 0.3) is 0 Å². The molecule has 0 bridgehead atoms. The summed E-state index contributed by atoms with van der Waals surface area (Å²) in [7, 11) is 0. The molecule has 3 fully saturated rings. The summed E-state index contributed by atoms with van der Waals surface area (Å²) in [6, 6.07) is -0.545. The summed E-state index contributed by atoms with van der Waals surface area (Å²) in [5.41, 5.74) is 0. The molecule has 2 amide bonds. The van der Waals surface area contributed by atoms with E-state index < -0.39 is 0 Å². The second-order valence-corrected chi connectivity index (χ2v) is 6.10. The molecule has 0 aromatic heterocycles. The third-order valence-corrected chi connectivity index (χ3v) is 4.46. The minimum atomic E-state index is -0.288. The number of hydrogen-bond donors (Lipinski definition) is 1. The Morgan fingerprint density at radius 2 is 2.05 bits per heavy atom. The molecule has 2 aliphatic heterocycles. The molecule has 1 aliphatic carbocycles. The van der Waals surface area contributed by atoms with Crippen LogP contribution < -0.4 is 5.32 Å². The van der Waals surface area contributed by atoms with Crippen molar-refractivity contribution < 1.29 is 9.59 Å². The van der Waals surface area contributed by atoms with Crippen LogP contribution in [-0.4, -0.2) is 59.9 Å². The monoisotopic (exact) mass is 265 g/mol. The highest BCUT2D eigenvalue weighted by Gasteiger charge is 2.43. The largest absolute Gasteiger partial charge is 0.342 e. The minimum absolute atomic E-state index is 0.0403. The molecule has 2 heterocycles. The lowest BCUT2D eigenvalue weighted by Crippen LogP contribution is -2.69. The van der Waals surface area contributed by atoms with Gasteiger partial charge in [-0.3, -0.25) is 14.5 Å². The van der Waals surface area contributed by atoms with Gasteiger partial charge < -0.3 is 10.2 Å². The Labute approximate surface area is 114 Å². The maximum Gasteiger partial charge on any atom is 0.245 e. The topological polar surface area (TPSA) is 52.7 Å². The van der Waals surface area contributed by atoms with Crippen LogP contribution in [-0.2, 0) is 9.59 Å². The molecule has 5 heteroatoms. The van der Waals surface area contributed by atoms with Gasteiger partial charge in [-0.15, -0.1) is 0 Å². The van der Waals surface area contributed by atoms with Crippen molar-refractivity contribution in [3.05, 3.63) is 0 Å². The Morgan fingerprint density at radius 3 is 2.74 bits per heavy atom. The fourth-order valence-corrected chi connectivity index (χ4v) is 3.17. The lowest BCUT2D eigenvalue weighted by atomic mass is 10.0. The van der Waals surface area contributed by atoms with Gasteiger partial charge in [-0.25, -0.2) is 0 Å².